The van der Waals surface area contributed by atoms with Gasteiger partial charge in [-0.15, -0.1) is 0 Å². The molecule has 3 unspecified atom stereocenters. The highest BCUT2D eigenvalue weighted by atomic mass is 32.2. The number of furan rings is 1. The number of nitrogens with zero attached hydrogens (tertiary/aromatic N) is 2. The number of benzene rings is 1. The number of hydrogen-bond donors (Lipinski definition) is 0. The Labute approximate surface area is 143 Å². The fraction of sp³-hybridized carbons (Fsp3) is 0.529. The standard InChI is InChI=1S/C17H24N2O4S/c1-12-10-19(11-13(2)22-12)24(20,21)18(4)14(3)17-9-15-7-5-6-8-16(15)23-17/h5-9,12-14H,10-11H2,1-4H3. The van der Waals surface area contributed by atoms with E-state index >= 15 is 0 Å². The number of morpholine rings is 1. The summed E-state index contributed by atoms with van der Waals surface area (Å²) in [7, 11) is -1.99. The van der Waals surface area contributed by atoms with Crippen LogP contribution < -0.4 is 0 Å². The van der Waals surface area contributed by atoms with Gasteiger partial charge in [-0.25, -0.2) is 0 Å². The number of hydrogen-bond acceptors (Lipinski definition) is 4. The molecule has 2 heterocycles. The zero-order chi connectivity index (χ0) is 17.5. The molecule has 2 aromatic rings. The molecule has 3 rings (SSSR count). The average molecular weight is 352 g/mol. The first kappa shape index (κ1) is 17.4. The number of rotatable bonds is 4. The van der Waals surface area contributed by atoms with Gasteiger partial charge in [0.25, 0.3) is 10.2 Å². The van der Waals surface area contributed by atoms with Gasteiger partial charge in [0.15, 0.2) is 0 Å². The third kappa shape index (κ3) is 3.21. The second kappa shape index (κ2) is 6.48. The van der Waals surface area contributed by atoms with Gasteiger partial charge in [0.05, 0.1) is 18.2 Å². The molecule has 0 amide bonds. The van der Waals surface area contributed by atoms with Gasteiger partial charge in [-0.2, -0.15) is 17.0 Å². The fourth-order valence-electron chi connectivity index (χ4n) is 3.09. The highest BCUT2D eigenvalue weighted by molar-refractivity contribution is 7.86. The highest BCUT2D eigenvalue weighted by Crippen LogP contribution is 2.29. The minimum absolute atomic E-state index is 0.113. The van der Waals surface area contributed by atoms with Crippen molar-refractivity contribution in [2.45, 2.75) is 39.0 Å². The zero-order valence-corrected chi connectivity index (χ0v) is 15.3. The molecule has 1 aliphatic heterocycles. The predicted octanol–water partition coefficient (Wildman–Crippen LogP) is 2.78. The Hall–Kier alpha value is -1.41. The summed E-state index contributed by atoms with van der Waals surface area (Å²) in [5.41, 5.74) is 0.763. The van der Waals surface area contributed by atoms with E-state index in [0.717, 1.165) is 11.0 Å². The van der Waals surface area contributed by atoms with E-state index in [1.54, 1.807) is 7.05 Å². The molecule has 1 aromatic carbocycles. The van der Waals surface area contributed by atoms with Crippen molar-refractivity contribution in [3.63, 3.8) is 0 Å². The lowest BCUT2D eigenvalue weighted by atomic mass is 10.2. The first-order valence-electron chi connectivity index (χ1n) is 8.16. The summed E-state index contributed by atoms with van der Waals surface area (Å²) in [5.74, 6) is 0.636. The summed E-state index contributed by atoms with van der Waals surface area (Å²) in [5, 5.41) is 0.971. The minimum atomic E-state index is -3.59. The van der Waals surface area contributed by atoms with Crippen molar-refractivity contribution >= 4 is 21.2 Å². The Kier molecular flexibility index (Phi) is 4.70. The van der Waals surface area contributed by atoms with E-state index < -0.39 is 16.3 Å². The summed E-state index contributed by atoms with van der Waals surface area (Å²) in [4.78, 5) is 0. The third-order valence-electron chi connectivity index (χ3n) is 4.48. The molecule has 1 aliphatic rings. The minimum Gasteiger partial charge on any atom is -0.459 e. The van der Waals surface area contributed by atoms with Crippen molar-refractivity contribution in [2.75, 3.05) is 20.1 Å². The predicted molar refractivity (Wildman–Crippen MR) is 92.9 cm³/mol. The average Bonchev–Trinajstić information content (AvgIpc) is 2.96. The van der Waals surface area contributed by atoms with Gasteiger partial charge in [0.1, 0.15) is 11.3 Å². The topological polar surface area (TPSA) is 63.0 Å². The zero-order valence-electron chi connectivity index (χ0n) is 14.5. The monoisotopic (exact) mass is 352 g/mol. The molecule has 7 heteroatoms. The van der Waals surface area contributed by atoms with Crippen LogP contribution in [0.1, 0.15) is 32.6 Å². The first-order chi connectivity index (χ1) is 11.3. The van der Waals surface area contributed by atoms with Crippen LogP contribution >= 0.6 is 0 Å². The van der Waals surface area contributed by atoms with E-state index in [1.165, 1.54) is 8.61 Å². The molecule has 1 saturated heterocycles. The van der Waals surface area contributed by atoms with Crippen LogP contribution in [0.2, 0.25) is 0 Å². The van der Waals surface area contributed by atoms with E-state index in [0.29, 0.717) is 18.8 Å². The molecular weight excluding hydrogens is 328 g/mol. The van der Waals surface area contributed by atoms with E-state index in [-0.39, 0.29) is 12.2 Å². The van der Waals surface area contributed by atoms with Gasteiger partial charge in [0, 0.05) is 25.5 Å². The van der Waals surface area contributed by atoms with Crippen LogP contribution in [0.3, 0.4) is 0 Å². The number of ether oxygens (including phenoxy) is 1. The first-order valence-corrected chi connectivity index (χ1v) is 9.55. The second-order valence-electron chi connectivity index (χ2n) is 6.46. The second-order valence-corrected chi connectivity index (χ2v) is 8.45. The van der Waals surface area contributed by atoms with Crippen LogP contribution in [-0.4, -0.2) is 49.4 Å². The number of para-hydroxylation sites is 1. The van der Waals surface area contributed by atoms with Gasteiger partial charge in [-0.1, -0.05) is 18.2 Å². The molecular formula is C17H24N2O4S. The van der Waals surface area contributed by atoms with E-state index in [2.05, 4.69) is 0 Å². The van der Waals surface area contributed by atoms with Crippen LogP contribution in [0.5, 0.6) is 0 Å². The molecule has 24 heavy (non-hydrogen) atoms. The molecule has 132 valence electrons. The normalized spacial score (nSPS) is 24.5. The largest absolute Gasteiger partial charge is 0.459 e. The lowest BCUT2D eigenvalue weighted by Crippen LogP contribution is -2.52. The Morgan fingerprint density at radius 2 is 1.83 bits per heavy atom. The molecule has 1 fully saturated rings. The van der Waals surface area contributed by atoms with Crippen molar-refractivity contribution in [3.8, 4) is 0 Å². The molecule has 0 spiro atoms. The molecule has 0 N–H and O–H groups in total. The number of fused-ring (bicyclic) bond motifs is 1. The van der Waals surface area contributed by atoms with Crippen molar-refractivity contribution in [2.24, 2.45) is 0 Å². The van der Waals surface area contributed by atoms with Crippen molar-refractivity contribution in [1.29, 1.82) is 0 Å². The fourth-order valence-corrected chi connectivity index (χ4v) is 4.75. The van der Waals surface area contributed by atoms with E-state index in [1.807, 2.05) is 51.1 Å². The Morgan fingerprint density at radius 3 is 2.46 bits per heavy atom. The summed E-state index contributed by atoms with van der Waals surface area (Å²) < 4.78 is 40.2. The van der Waals surface area contributed by atoms with Gasteiger partial charge >= 0.3 is 0 Å². The summed E-state index contributed by atoms with van der Waals surface area (Å²) in [6.07, 6.45) is -0.225. The summed E-state index contributed by atoms with van der Waals surface area (Å²) in [6, 6.07) is 9.17. The van der Waals surface area contributed by atoms with Crippen molar-refractivity contribution < 1.29 is 17.6 Å². The van der Waals surface area contributed by atoms with Gasteiger partial charge in [0.2, 0.25) is 0 Å². The Bertz CT molecular complexity index is 774. The van der Waals surface area contributed by atoms with Crippen molar-refractivity contribution in [1.82, 2.24) is 8.61 Å². The lowest BCUT2D eigenvalue weighted by Gasteiger charge is -2.37. The highest BCUT2D eigenvalue weighted by Gasteiger charge is 2.36. The molecule has 1 aromatic heterocycles. The van der Waals surface area contributed by atoms with Crippen LogP contribution in [0.25, 0.3) is 11.0 Å². The Morgan fingerprint density at radius 1 is 1.21 bits per heavy atom. The quantitative estimate of drug-likeness (QED) is 0.849. The lowest BCUT2D eigenvalue weighted by molar-refractivity contribution is -0.0455. The van der Waals surface area contributed by atoms with E-state index in [9.17, 15) is 8.42 Å². The van der Waals surface area contributed by atoms with E-state index in [4.69, 9.17) is 9.15 Å². The molecule has 0 bridgehead atoms. The molecule has 6 nitrogen and oxygen atoms in total. The maximum Gasteiger partial charge on any atom is 0.282 e. The Balaban J connectivity index is 1.84. The maximum atomic E-state index is 13.0. The van der Waals surface area contributed by atoms with Crippen LogP contribution in [0, 0.1) is 0 Å². The summed E-state index contributed by atoms with van der Waals surface area (Å²) in [6.45, 7) is 6.35. The van der Waals surface area contributed by atoms with Gasteiger partial charge < -0.3 is 9.15 Å². The van der Waals surface area contributed by atoms with Crippen molar-refractivity contribution in [3.05, 3.63) is 36.1 Å². The molecule has 0 aliphatic carbocycles. The van der Waals surface area contributed by atoms with Gasteiger partial charge in [-0.05, 0) is 32.9 Å². The summed E-state index contributed by atoms with van der Waals surface area (Å²) >= 11 is 0. The van der Waals surface area contributed by atoms with Crippen LogP contribution in [-0.2, 0) is 14.9 Å². The molecule has 0 radical (unpaired) electrons. The van der Waals surface area contributed by atoms with Crippen LogP contribution in [0.15, 0.2) is 34.7 Å². The molecule has 3 atom stereocenters. The van der Waals surface area contributed by atoms with Crippen LogP contribution in [0.4, 0.5) is 0 Å². The molecule has 0 saturated carbocycles. The van der Waals surface area contributed by atoms with Gasteiger partial charge in [-0.3, -0.25) is 0 Å². The third-order valence-corrected chi connectivity index (χ3v) is 6.47. The maximum absolute atomic E-state index is 13.0. The smallest absolute Gasteiger partial charge is 0.282 e. The SMILES string of the molecule is CC1CN(S(=O)(=O)N(C)C(C)c2cc3ccccc3o2)CC(C)O1.